The van der Waals surface area contributed by atoms with Crippen LogP contribution < -0.4 is 10.1 Å². The Labute approximate surface area is 109 Å². The molecule has 1 rings (SSSR count). The number of nitrogens with one attached hydrogen (secondary N) is 1. The molecular formula is C15H21NO2. The standard InChI is InChI=1S/C15H21NO2/c1-4-7-12(3)15(17)16-11-13-8-6-9-14(10-13)18-5-2/h6-10H,4-5,11H2,1-3H3,(H,16,17)/b12-7-. The molecule has 1 amide bonds. The highest BCUT2D eigenvalue weighted by Gasteiger charge is 2.03. The Morgan fingerprint density at radius 1 is 1.39 bits per heavy atom. The minimum Gasteiger partial charge on any atom is -0.494 e. The number of carbonyl (C=O) groups excluding carboxylic acids is 1. The number of hydrogen-bond acceptors (Lipinski definition) is 2. The van der Waals surface area contributed by atoms with Crippen LogP contribution in [-0.2, 0) is 11.3 Å². The predicted molar refractivity (Wildman–Crippen MR) is 73.5 cm³/mol. The third-order valence-electron chi connectivity index (χ3n) is 2.53. The molecule has 0 fully saturated rings. The Balaban J connectivity index is 2.55. The highest BCUT2D eigenvalue weighted by atomic mass is 16.5. The molecule has 98 valence electrons. The Bertz CT molecular complexity index is 424. The molecule has 1 aromatic carbocycles. The van der Waals surface area contributed by atoms with Crippen LogP contribution >= 0.6 is 0 Å². The summed E-state index contributed by atoms with van der Waals surface area (Å²) in [7, 11) is 0. The van der Waals surface area contributed by atoms with Crippen molar-refractivity contribution in [1.29, 1.82) is 0 Å². The zero-order chi connectivity index (χ0) is 13.4. The van der Waals surface area contributed by atoms with Gasteiger partial charge in [0.05, 0.1) is 6.61 Å². The van der Waals surface area contributed by atoms with Crippen molar-refractivity contribution in [2.75, 3.05) is 6.61 Å². The molecule has 0 radical (unpaired) electrons. The summed E-state index contributed by atoms with van der Waals surface area (Å²) in [6, 6.07) is 7.77. The quantitative estimate of drug-likeness (QED) is 0.785. The molecule has 0 heterocycles. The van der Waals surface area contributed by atoms with Gasteiger partial charge in [-0.1, -0.05) is 25.1 Å². The highest BCUT2D eigenvalue weighted by molar-refractivity contribution is 5.92. The Morgan fingerprint density at radius 3 is 2.83 bits per heavy atom. The van der Waals surface area contributed by atoms with Crippen LogP contribution in [0, 0.1) is 0 Å². The van der Waals surface area contributed by atoms with Crippen molar-refractivity contribution in [3.05, 3.63) is 41.5 Å². The number of benzene rings is 1. The maximum Gasteiger partial charge on any atom is 0.246 e. The van der Waals surface area contributed by atoms with Crippen molar-refractivity contribution in [2.45, 2.75) is 33.7 Å². The van der Waals surface area contributed by atoms with E-state index in [0.29, 0.717) is 13.2 Å². The first-order valence-electron chi connectivity index (χ1n) is 6.34. The summed E-state index contributed by atoms with van der Waals surface area (Å²) >= 11 is 0. The Morgan fingerprint density at radius 2 is 2.17 bits per heavy atom. The van der Waals surface area contributed by atoms with E-state index in [1.165, 1.54) is 0 Å². The van der Waals surface area contributed by atoms with Crippen molar-refractivity contribution < 1.29 is 9.53 Å². The number of rotatable bonds is 6. The van der Waals surface area contributed by atoms with Crippen LogP contribution in [0.4, 0.5) is 0 Å². The van der Waals surface area contributed by atoms with Gasteiger partial charge in [-0.25, -0.2) is 0 Å². The van der Waals surface area contributed by atoms with Crippen molar-refractivity contribution in [2.24, 2.45) is 0 Å². The lowest BCUT2D eigenvalue weighted by Gasteiger charge is -2.08. The first-order valence-corrected chi connectivity index (χ1v) is 6.34. The first kappa shape index (κ1) is 14.3. The van der Waals surface area contributed by atoms with Gasteiger partial charge in [-0.05, 0) is 38.0 Å². The van der Waals surface area contributed by atoms with Crippen molar-refractivity contribution in [3.63, 3.8) is 0 Å². The molecule has 0 bridgehead atoms. The van der Waals surface area contributed by atoms with Crippen LogP contribution in [0.3, 0.4) is 0 Å². The lowest BCUT2D eigenvalue weighted by Crippen LogP contribution is -2.23. The van der Waals surface area contributed by atoms with Gasteiger partial charge in [0.1, 0.15) is 5.75 Å². The molecule has 0 spiro atoms. The monoisotopic (exact) mass is 247 g/mol. The van der Waals surface area contributed by atoms with Gasteiger partial charge in [-0.3, -0.25) is 4.79 Å². The molecule has 0 aliphatic heterocycles. The van der Waals surface area contributed by atoms with Crippen LogP contribution in [0.5, 0.6) is 5.75 Å². The normalized spacial score (nSPS) is 11.2. The minimum absolute atomic E-state index is 0.0151. The van der Waals surface area contributed by atoms with Crippen LogP contribution in [0.15, 0.2) is 35.9 Å². The number of ether oxygens (including phenoxy) is 1. The average molecular weight is 247 g/mol. The zero-order valence-corrected chi connectivity index (χ0v) is 11.3. The summed E-state index contributed by atoms with van der Waals surface area (Å²) in [5.41, 5.74) is 1.80. The van der Waals surface area contributed by atoms with Crippen molar-refractivity contribution in [1.82, 2.24) is 5.32 Å². The van der Waals surface area contributed by atoms with E-state index in [0.717, 1.165) is 23.3 Å². The summed E-state index contributed by atoms with van der Waals surface area (Å²) in [6.07, 6.45) is 2.80. The molecule has 18 heavy (non-hydrogen) atoms. The van der Waals surface area contributed by atoms with E-state index in [-0.39, 0.29) is 5.91 Å². The van der Waals surface area contributed by atoms with Gasteiger partial charge in [-0.2, -0.15) is 0 Å². The van der Waals surface area contributed by atoms with Crippen molar-refractivity contribution in [3.8, 4) is 5.75 Å². The smallest absolute Gasteiger partial charge is 0.246 e. The summed E-state index contributed by atoms with van der Waals surface area (Å²) in [6.45, 7) is 6.97. The molecular weight excluding hydrogens is 226 g/mol. The number of allylic oxidation sites excluding steroid dienone is 1. The van der Waals surface area contributed by atoms with Crippen molar-refractivity contribution >= 4 is 5.91 Å². The lowest BCUT2D eigenvalue weighted by atomic mass is 10.2. The SMILES string of the molecule is CC/C=C(/C)C(=O)NCc1cccc(OCC)c1. The fourth-order valence-electron chi connectivity index (χ4n) is 1.63. The summed E-state index contributed by atoms with van der Waals surface area (Å²) in [5, 5.41) is 2.89. The van der Waals surface area contributed by atoms with E-state index >= 15 is 0 Å². The van der Waals surface area contributed by atoms with E-state index in [1.54, 1.807) is 0 Å². The molecule has 0 aromatic heterocycles. The fraction of sp³-hybridized carbons (Fsp3) is 0.400. The second-order valence-corrected chi connectivity index (χ2v) is 4.06. The first-order chi connectivity index (χ1) is 8.67. The second kappa shape index (κ2) is 7.54. The fourth-order valence-corrected chi connectivity index (χ4v) is 1.63. The Hall–Kier alpha value is -1.77. The maximum atomic E-state index is 11.7. The summed E-state index contributed by atoms with van der Waals surface area (Å²) < 4.78 is 5.42. The molecule has 3 nitrogen and oxygen atoms in total. The van der Waals surface area contributed by atoms with Crippen LogP contribution in [0.25, 0.3) is 0 Å². The third-order valence-corrected chi connectivity index (χ3v) is 2.53. The second-order valence-electron chi connectivity index (χ2n) is 4.06. The summed E-state index contributed by atoms with van der Waals surface area (Å²) in [4.78, 5) is 11.7. The molecule has 1 N–H and O–H groups in total. The van der Waals surface area contributed by atoms with Crippen LogP contribution in [0.2, 0.25) is 0 Å². The largest absolute Gasteiger partial charge is 0.494 e. The minimum atomic E-state index is -0.0151. The van der Waals surface area contributed by atoms with Gasteiger partial charge in [0, 0.05) is 12.1 Å². The Kier molecular flexibility index (Phi) is 5.98. The molecule has 0 atom stereocenters. The van der Waals surface area contributed by atoms with E-state index < -0.39 is 0 Å². The molecule has 0 saturated heterocycles. The third kappa shape index (κ3) is 4.62. The van der Waals surface area contributed by atoms with Crippen LogP contribution in [0.1, 0.15) is 32.8 Å². The van der Waals surface area contributed by atoms with Gasteiger partial charge < -0.3 is 10.1 Å². The maximum absolute atomic E-state index is 11.7. The van der Waals surface area contributed by atoms with E-state index in [4.69, 9.17) is 4.74 Å². The predicted octanol–water partition coefficient (Wildman–Crippen LogP) is 3.06. The molecule has 0 saturated carbocycles. The molecule has 1 aromatic rings. The molecule has 0 unspecified atom stereocenters. The van der Waals surface area contributed by atoms with Crippen LogP contribution in [-0.4, -0.2) is 12.5 Å². The van der Waals surface area contributed by atoms with E-state index in [1.807, 2.05) is 51.1 Å². The number of amides is 1. The van der Waals surface area contributed by atoms with Gasteiger partial charge in [-0.15, -0.1) is 0 Å². The highest BCUT2D eigenvalue weighted by Crippen LogP contribution is 2.13. The molecule has 3 heteroatoms. The number of carbonyl (C=O) groups is 1. The van der Waals surface area contributed by atoms with E-state index in [2.05, 4.69) is 5.32 Å². The van der Waals surface area contributed by atoms with Gasteiger partial charge in [0.25, 0.3) is 0 Å². The van der Waals surface area contributed by atoms with E-state index in [9.17, 15) is 4.79 Å². The zero-order valence-electron chi connectivity index (χ0n) is 11.3. The average Bonchev–Trinajstić information content (AvgIpc) is 2.37. The lowest BCUT2D eigenvalue weighted by molar-refractivity contribution is -0.117. The molecule has 0 aliphatic carbocycles. The van der Waals surface area contributed by atoms with Gasteiger partial charge in [0.15, 0.2) is 0 Å². The molecule has 0 aliphatic rings. The number of hydrogen-bond donors (Lipinski definition) is 1. The van der Waals surface area contributed by atoms with Gasteiger partial charge >= 0.3 is 0 Å². The van der Waals surface area contributed by atoms with Gasteiger partial charge in [0.2, 0.25) is 5.91 Å². The topological polar surface area (TPSA) is 38.3 Å². The summed E-state index contributed by atoms with van der Waals surface area (Å²) in [5.74, 6) is 0.823.